The Labute approximate surface area is 124 Å². The van der Waals surface area contributed by atoms with Gasteiger partial charge in [-0.1, -0.05) is 6.07 Å². The van der Waals surface area contributed by atoms with Gasteiger partial charge in [-0.05, 0) is 38.5 Å². The first-order chi connectivity index (χ1) is 9.74. The molecule has 116 valence electrons. The van der Waals surface area contributed by atoms with Gasteiger partial charge in [0.2, 0.25) is 0 Å². The van der Waals surface area contributed by atoms with Crippen LogP contribution in [0.3, 0.4) is 0 Å². The highest BCUT2D eigenvalue weighted by Gasteiger charge is 2.42. The molecule has 1 aromatic rings. The Morgan fingerprint density at radius 2 is 2.05 bits per heavy atom. The Kier molecular flexibility index (Phi) is 4.23. The lowest BCUT2D eigenvalue weighted by molar-refractivity contribution is -0.141. The number of aliphatic carboxylic acids is 1. The fourth-order valence-corrected chi connectivity index (χ4v) is 2.85. The van der Waals surface area contributed by atoms with Crippen LogP contribution in [-0.4, -0.2) is 41.7 Å². The number of rotatable bonds is 3. The molecule has 5 heteroatoms. The number of benzene rings is 1. The lowest BCUT2D eigenvalue weighted by Crippen LogP contribution is -2.40. The topological polar surface area (TPSA) is 49.8 Å². The number of hydrogen-bond donors (Lipinski definition) is 1. The van der Waals surface area contributed by atoms with Crippen LogP contribution in [0.15, 0.2) is 18.2 Å². The monoisotopic (exact) mass is 295 g/mol. The largest absolute Gasteiger partial charge is 0.494 e. The summed E-state index contributed by atoms with van der Waals surface area (Å²) in [6.07, 6.45) is 0. The smallest absolute Gasteiger partial charge is 0.308 e. The molecule has 0 spiro atoms. The Morgan fingerprint density at radius 1 is 1.38 bits per heavy atom. The summed E-state index contributed by atoms with van der Waals surface area (Å²) < 4.78 is 18.5. The molecule has 0 saturated carbocycles. The molecule has 1 aliphatic heterocycles. The predicted octanol–water partition coefficient (Wildman–Crippen LogP) is 2.73. The van der Waals surface area contributed by atoms with Crippen molar-refractivity contribution in [1.29, 1.82) is 0 Å². The molecule has 4 nitrogen and oxygen atoms in total. The van der Waals surface area contributed by atoms with Gasteiger partial charge in [0, 0.05) is 24.5 Å². The van der Waals surface area contributed by atoms with Crippen LogP contribution in [0.25, 0.3) is 0 Å². The summed E-state index contributed by atoms with van der Waals surface area (Å²) in [4.78, 5) is 13.7. The molecular formula is C16H22FNO3. The second kappa shape index (κ2) is 5.64. The van der Waals surface area contributed by atoms with Gasteiger partial charge in [0.1, 0.15) is 0 Å². The first kappa shape index (κ1) is 15.8. The van der Waals surface area contributed by atoms with E-state index in [1.165, 1.54) is 13.2 Å². The van der Waals surface area contributed by atoms with E-state index in [4.69, 9.17) is 4.74 Å². The number of carboxylic acids is 1. The van der Waals surface area contributed by atoms with Crippen molar-refractivity contribution >= 4 is 5.97 Å². The van der Waals surface area contributed by atoms with E-state index < -0.39 is 17.7 Å². The molecule has 1 fully saturated rings. The second-order valence-corrected chi connectivity index (χ2v) is 6.52. The summed E-state index contributed by atoms with van der Waals surface area (Å²) in [6, 6.07) is 4.61. The zero-order valence-electron chi connectivity index (χ0n) is 12.9. The van der Waals surface area contributed by atoms with Crippen LogP contribution < -0.4 is 4.74 Å². The van der Waals surface area contributed by atoms with Crippen molar-refractivity contribution < 1.29 is 19.0 Å². The van der Waals surface area contributed by atoms with Crippen molar-refractivity contribution in [2.45, 2.75) is 32.2 Å². The molecule has 0 amide bonds. The Balaban J connectivity index is 2.34. The summed E-state index contributed by atoms with van der Waals surface area (Å²) in [7, 11) is 1.41. The quantitative estimate of drug-likeness (QED) is 0.931. The molecule has 1 saturated heterocycles. The fraction of sp³-hybridized carbons (Fsp3) is 0.562. The van der Waals surface area contributed by atoms with E-state index in [2.05, 4.69) is 25.7 Å². The zero-order chi connectivity index (χ0) is 15.8. The number of ether oxygens (including phenoxy) is 1. The molecule has 0 aromatic heterocycles. The molecule has 0 radical (unpaired) electrons. The number of methoxy groups -OCH3 is 1. The number of hydrogen-bond acceptors (Lipinski definition) is 3. The molecule has 1 N–H and O–H groups in total. The van der Waals surface area contributed by atoms with E-state index in [9.17, 15) is 14.3 Å². The molecule has 1 aliphatic rings. The average molecular weight is 295 g/mol. The van der Waals surface area contributed by atoms with Crippen molar-refractivity contribution in [3.05, 3.63) is 29.6 Å². The average Bonchev–Trinajstić information content (AvgIpc) is 2.84. The maximum atomic E-state index is 13.5. The van der Waals surface area contributed by atoms with Crippen molar-refractivity contribution in [2.75, 3.05) is 20.2 Å². The molecule has 2 rings (SSSR count). The van der Waals surface area contributed by atoms with Gasteiger partial charge in [0.05, 0.1) is 13.0 Å². The van der Waals surface area contributed by atoms with Crippen LogP contribution in [-0.2, 0) is 4.79 Å². The van der Waals surface area contributed by atoms with Crippen LogP contribution in [0.1, 0.15) is 32.3 Å². The minimum atomic E-state index is -0.810. The molecule has 0 bridgehead atoms. The zero-order valence-corrected chi connectivity index (χ0v) is 12.9. The third kappa shape index (κ3) is 3.18. The van der Waals surface area contributed by atoms with E-state index in [0.29, 0.717) is 13.1 Å². The molecule has 0 unspecified atom stereocenters. The lowest BCUT2D eigenvalue weighted by atomic mass is 9.89. The lowest BCUT2D eigenvalue weighted by Gasteiger charge is -2.31. The van der Waals surface area contributed by atoms with Gasteiger partial charge in [-0.3, -0.25) is 9.69 Å². The minimum absolute atomic E-state index is 0.0907. The van der Waals surface area contributed by atoms with Gasteiger partial charge in [-0.2, -0.15) is 0 Å². The predicted molar refractivity (Wildman–Crippen MR) is 78.1 cm³/mol. The number of halogens is 1. The van der Waals surface area contributed by atoms with Crippen molar-refractivity contribution in [3.63, 3.8) is 0 Å². The molecule has 0 aliphatic carbocycles. The van der Waals surface area contributed by atoms with Gasteiger partial charge in [-0.15, -0.1) is 0 Å². The molecular weight excluding hydrogens is 273 g/mol. The third-order valence-corrected chi connectivity index (χ3v) is 4.19. The summed E-state index contributed by atoms with van der Waals surface area (Å²) in [5.74, 6) is -1.73. The van der Waals surface area contributed by atoms with Crippen molar-refractivity contribution in [3.8, 4) is 5.75 Å². The van der Waals surface area contributed by atoms with Gasteiger partial charge < -0.3 is 9.84 Å². The van der Waals surface area contributed by atoms with Gasteiger partial charge in [-0.25, -0.2) is 4.39 Å². The van der Waals surface area contributed by atoms with Gasteiger partial charge in [0.15, 0.2) is 11.6 Å². The highest BCUT2D eigenvalue weighted by molar-refractivity contribution is 5.72. The van der Waals surface area contributed by atoms with Crippen LogP contribution in [0.2, 0.25) is 0 Å². The van der Waals surface area contributed by atoms with Crippen LogP contribution in [0.5, 0.6) is 5.75 Å². The van der Waals surface area contributed by atoms with E-state index in [1.807, 2.05) is 0 Å². The Hall–Kier alpha value is -1.62. The highest BCUT2D eigenvalue weighted by atomic mass is 19.1. The Bertz CT molecular complexity index is 539. The first-order valence-electron chi connectivity index (χ1n) is 7.05. The van der Waals surface area contributed by atoms with Crippen LogP contribution in [0, 0.1) is 11.7 Å². The van der Waals surface area contributed by atoms with E-state index in [0.717, 1.165) is 5.56 Å². The van der Waals surface area contributed by atoms with E-state index in [1.54, 1.807) is 12.1 Å². The third-order valence-electron chi connectivity index (χ3n) is 4.19. The molecule has 1 heterocycles. The van der Waals surface area contributed by atoms with Gasteiger partial charge >= 0.3 is 5.97 Å². The fourth-order valence-electron chi connectivity index (χ4n) is 2.85. The molecule has 2 atom stereocenters. The van der Waals surface area contributed by atoms with Crippen LogP contribution >= 0.6 is 0 Å². The molecule has 1 aromatic carbocycles. The number of likely N-dealkylation sites (tertiary alicyclic amines) is 1. The number of carbonyl (C=O) groups is 1. The molecule has 21 heavy (non-hydrogen) atoms. The van der Waals surface area contributed by atoms with Crippen LogP contribution in [0.4, 0.5) is 4.39 Å². The summed E-state index contributed by atoms with van der Waals surface area (Å²) in [5, 5.41) is 9.48. The summed E-state index contributed by atoms with van der Waals surface area (Å²) in [5.41, 5.74) is 0.722. The van der Waals surface area contributed by atoms with E-state index >= 15 is 0 Å². The second-order valence-electron chi connectivity index (χ2n) is 6.52. The highest BCUT2D eigenvalue weighted by Crippen LogP contribution is 2.37. The number of carboxylic acid groups (broad SMARTS) is 1. The SMILES string of the molecule is COc1cc([C@@H]2CN(C(C)(C)C)C[C@H]2C(=O)O)ccc1F. The summed E-state index contributed by atoms with van der Waals surface area (Å²) >= 11 is 0. The normalized spacial score (nSPS) is 23.3. The van der Waals surface area contributed by atoms with E-state index in [-0.39, 0.29) is 17.2 Å². The maximum absolute atomic E-state index is 13.5. The number of nitrogens with zero attached hydrogens (tertiary/aromatic N) is 1. The Morgan fingerprint density at radius 3 is 2.57 bits per heavy atom. The first-order valence-corrected chi connectivity index (χ1v) is 7.05. The standard InChI is InChI=1S/C16H22FNO3/c1-16(2,3)18-8-11(12(9-18)15(19)20)10-5-6-13(17)14(7-10)21-4/h5-7,11-12H,8-9H2,1-4H3,(H,19,20)/t11-,12+/m0/s1. The van der Waals surface area contributed by atoms with Crippen molar-refractivity contribution in [1.82, 2.24) is 4.90 Å². The minimum Gasteiger partial charge on any atom is -0.494 e. The maximum Gasteiger partial charge on any atom is 0.308 e. The van der Waals surface area contributed by atoms with Gasteiger partial charge in [0.25, 0.3) is 0 Å². The summed E-state index contributed by atoms with van der Waals surface area (Å²) in [6.45, 7) is 7.36. The van der Waals surface area contributed by atoms with Crippen molar-refractivity contribution in [2.24, 2.45) is 5.92 Å².